The molecule has 1 aliphatic rings. The van der Waals surface area contributed by atoms with Gasteiger partial charge in [0.2, 0.25) is 0 Å². The lowest BCUT2D eigenvalue weighted by atomic mass is 10.1. The molecular weight excluding hydrogens is 544 g/mol. The number of carbonyl (C=O) groups excluding carboxylic acids is 1. The number of rotatable bonds is 10. The molecular formula is C30H25ClN6O4. The summed E-state index contributed by atoms with van der Waals surface area (Å²) in [5, 5.41) is 29.7. The maximum atomic E-state index is 13.8. The van der Waals surface area contributed by atoms with E-state index in [-0.39, 0.29) is 27.8 Å². The van der Waals surface area contributed by atoms with Crippen molar-refractivity contribution in [3.8, 4) is 17.9 Å². The number of aliphatic imine (C=N–C) groups is 1. The molecule has 206 valence electrons. The number of ether oxygens (including phenoxy) is 1. The fourth-order valence-electron chi connectivity index (χ4n) is 4.37. The topological polar surface area (TPSA) is 136 Å². The van der Waals surface area contributed by atoms with Crippen LogP contribution in [0.15, 0.2) is 71.4 Å². The van der Waals surface area contributed by atoms with Gasteiger partial charge in [0, 0.05) is 36.5 Å². The van der Waals surface area contributed by atoms with Crippen molar-refractivity contribution >= 4 is 46.5 Å². The van der Waals surface area contributed by atoms with E-state index in [1.54, 1.807) is 30.3 Å². The molecule has 1 amide bonds. The standard InChI is InChI=1S/C30H25ClN6O4/c1-20-17-23(35(15-3-13-32)16-4-14-33)6-5-21(20)18-28-30(38)36(22-7-10-25(41-2)11-8-22)29(34-28)26-19-24(37(39)40)9-12-27(26)31/h5-12,17-19H,3-4,15-16H2,1-2H3/b28-18-. The van der Waals surface area contributed by atoms with Crippen LogP contribution in [0, 0.1) is 39.7 Å². The molecule has 3 aromatic rings. The number of amidine groups is 1. The quantitative estimate of drug-likeness (QED) is 0.165. The molecule has 4 rings (SSSR count). The van der Waals surface area contributed by atoms with Crippen molar-refractivity contribution in [3.63, 3.8) is 0 Å². The van der Waals surface area contributed by atoms with E-state index in [9.17, 15) is 14.9 Å². The van der Waals surface area contributed by atoms with E-state index in [0.717, 1.165) is 16.8 Å². The summed E-state index contributed by atoms with van der Waals surface area (Å²) in [4.78, 5) is 32.7. The van der Waals surface area contributed by atoms with Crippen molar-refractivity contribution in [2.75, 3.05) is 30.0 Å². The molecule has 0 radical (unpaired) electrons. The number of non-ortho nitro benzene ring substituents is 1. The van der Waals surface area contributed by atoms with E-state index in [1.807, 2.05) is 30.0 Å². The molecule has 41 heavy (non-hydrogen) atoms. The van der Waals surface area contributed by atoms with Crippen LogP contribution >= 0.6 is 11.6 Å². The highest BCUT2D eigenvalue weighted by molar-refractivity contribution is 6.39. The Morgan fingerprint density at radius 1 is 1.07 bits per heavy atom. The van der Waals surface area contributed by atoms with Gasteiger partial charge >= 0.3 is 0 Å². The molecule has 0 saturated heterocycles. The zero-order valence-corrected chi connectivity index (χ0v) is 23.1. The van der Waals surface area contributed by atoms with Crippen LogP contribution in [0.4, 0.5) is 17.1 Å². The van der Waals surface area contributed by atoms with E-state index >= 15 is 0 Å². The number of aryl methyl sites for hydroxylation is 1. The maximum Gasteiger partial charge on any atom is 0.282 e. The third kappa shape index (κ3) is 6.35. The zero-order chi connectivity index (χ0) is 29.5. The fourth-order valence-corrected chi connectivity index (χ4v) is 4.57. The summed E-state index contributed by atoms with van der Waals surface area (Å²) in [5.74, 6) is 0.326. The third-order valence-corrected chi connectivity index (χ3v) is 6.82. The van der Waals surface area contributed by atoms with Crippen LogP contribution in [-0.2, 0) is 4.79 Å². The van der Waals surface area contributed by atoms with E-state index in [0.29, 0.717) is 37.4 Å². The first-order valence-electron chi connectivity index (χ1n) is 12.6. The van der Waals surface area contributed by atoms with Gasteiger partial charge in [0.05, 0.1) is 47.7 Å². The number of hydrogen-bond acceptors (Lipinski definition) is 8. The lowest BCUT2D eigenvalue weighted by molar-refractivity contribution is -0.384. The van der Waals surface area contributed by atoms with Crippen molar-refractivity contribution in [2.45, 2.75) is 19.8 Å². The Labute approximate surface area is 242 Å². The predicted octanol–water partition coefficient (Wildman–Crippen LogP) is 6.03. The van der Waals surface area contributed by atoms with Gasteiger partial charge in [-0.15, -0.1) is 0 Å². The van der Waals surface area contributed by atoms with Gasteiger partial charge < -0.3 is 9.64 Å². The lowest BCUT2D eigenvalue weighted by Gasteiger charge is -2.23. The molecule has 0 bridgehead atoms. The van der Waals surface area contributed by atoms with Crippen molar-refractivity contribution in [3.05, 3.63) is 98.2 Å². The molecule has 0 fully saturated rings. The molecule has 0 saturated carbocycles. The number of nitriles is 2. The summed E-state index contributed by atoms with van der Waals surface area (Å²) >= 11 is 6.46. The predicted molar refractivity (Wildman–Crippen MR) is 157 cm³/mol. The Bertz CT molecular complexity index is 1620. The highest BCUT2D eigenvalue weighted by atomic mass is 35.5. The number of benzene rings is 3. The van der Waals surface area contributed by atoms with Gasteiger partial charge in [0.15, 0.2) is 0 Å². The van der Waals surface area contributed by atoms with Crippen molar-refractivity contribution in [1.82, 2.24) is 0 Å². The van der Waals surface area contributed by atoms with Gasteiger partial charge in [-0.25, -0.2) is 4.99 Å². The monoisotopic (exact) mass is 568 g/mol. The average Bonchev–Trinajstić information content (AvgIpc) is 3.29. The van der Waals surface area contributed by atoms with Gasteiger partial charge in [0.25, 0.3) is 11.6 Å². The summed E-state index contributed by atoms with van der Waals surface area (Å²) in [6, 6.07) is 20.7. The number of methoxy groups -OCH3 is 1. The number of halogens is 1. The van der Waals surface area contributed by atoms with Crippen molar-refractivity contribution in [1.29, 1.82) is 10.5 Å². The fraction of sp³-hybridized carbons (Fsp3) is 0.200. The smallest absolute Gasteiger partial charge is 0.282 e. The number of nitro groups is 1. The average molecular weight is 569 g/mol. The molecule has 0 aliphatic carbocycles. The van der Waals surface area contributed by atoms with Crippen molar-refractivity contribution < 1.29 is 14.5 Å². The molecule has 0 N–H and O–H groups in total. The van der Waals surface area contributed by atoms with Crippen LogP contribution in [0.2, 0.25) is 5.02 Å². The third-order valence-electron chi connectivity index (χ3n) is 6.49. The molecule has 1 aliphatic heterocycles. The number of amides is 1. The maximum absolute atomic E-state index is 13.8. The normalized spacial score (nSPS) is 13.5. The molecule has 1 heterocycles. The highest BCUT2D eigenvalue weighted by Crippen LogP contribution is 2.33. The van der Waals surface area contributed by atoms with Crippen LogP contribution in [-0.4, -0.2) is 36.9 Å². The molecule has 3 aromatic carbocycles. The second-order valence-corrected chi connectivity index (χ2v) is 9.48. The molecule has 0 atom stereocenters. The molecule has 11 heteroatoms. The number of anilines is 2. The Morgan fingerprint density at radius 3 is 2.34 bits per heavy atom. The first-order valence-corrected chi connectivity index (χ1v) is 13.0. The van der Waals surface area contributed by atoms with E-state index < -0.39 is 10.8 Å². The summed E-state index contributed by atoms with van der Waals surface area (Å²) in [7, 11) is 1.53. The summed E-state index contributed by atoms with van der Waals surface area (Å²) in [6.45, 7) is 2.88. The van der Waals surface area contributed by atoms with E-state index in [2.05, 4.69) is 17.1 Å². The number of hydrogen-bond donors (Lipinski definition) is 0. The lowest BCUT2D eigenvalue weighted by Crippen LogP contribution is -2.32. The van der Waals surface area contributed by atoms with Crippen LogP contribution in [0.1, 0.15) is 29.5 Å². The minimum Gasteiger partial charge on any atom is -0.497 e. The number of nitrogens with zero attached hydrogens (tertiary/aromatic N) is 6. The van der Waals surface area contributed by atoms with Crippen LogP contribution < -0.4 is 14.5 Å². The second kappa shape index (κ2) is 12.8. The summed E-state index contributed by atoms with van der Waals surface area (Å²) in [5.41, 5.74) is 3.12. The van der Waals surface area contributed by atoms with E-state index in [1.165, 1.54) is 30.2 Å². The second-order valence-electron chi connectivity index (χ2n) is 9.07. The zero-order valence-electron chi connectivity index (χ0n) is 22.4. The number of carbonyl (C=O) groups is 1. The molecule has 0 spiro atoms. The van der Waals surface area contributed by atoms with Crippen LogP contribution in [0.25, 0.3) is 6.08 Å². The Kier molecular flexibility index (Phi) is 8.98. The number of nitro benzene ring substituents is 1. The largest absolute Gasteiger partial charge is 0.497 e. The summed E-state index contributed by atoms with van der Waals surface area (Å²) < 4.78 is 5.24. The Morgan fingerprint density at radius 2 is 1.76 bits per heavy atom. The highest BCUT2D eigenvalue weighted by Gasteiger charge is 2.34. The van der Waals surface area contributed by atoms with Crippen LogP contribution in [0.3, 0.4) is 0 Å². The minimum atomic E-state index is -0.535. The minimum absolute atomic E-state index is 0.125. The Hall–Kier alpha value is -5.19. The van der Waals surface area contributed by atoms with Crippen LogP contribution in [0.5, 0.6) is 5.75 Å². The van der Waals surface area contributed by atoms with Crippen molar-refractivity contribution in [2.24, 2.45) is 4.99 Å². The SMILES string of the molecule is COc1ccc(N2C(=O)/C(=C/c3ccc(N(CCC#N)CCC#N)cc3C)N=C2c2cc([N+](=O)[O-])ccc2Cl)cc1. The molecule has 0 unspecified atom stereocenters. The van der Waals surface area contributed by atoms with Gasteiger partial charge in [-0.1, -0.05) is 17.7 Å². The first kappa shape index (κ1) is 28.8. The van der Waals surface area contributed by atoms with Gasteiger partial charge in [-0.3, -0.25) is 19.8 Å². The van der Waals surface area contributed by atoms with Gasteiger partial charge in [0.1, 0.15) is 17.3 Å². The first-order chi connectivity index (χ1) is 19.8. The molecule has 10 nitrogen and oxygen atoms in total. The molecule has 0 aromatic heterocycles. The van der Waals surface area contributed by atoms with Gasteiger partial charge in [-0.05, 0) is 66.6 Å². The Balaban J connectivity index is 1.78. The summed E-state index contributed by atoms with van der Waals surface area (Å²) in [6.07, 6.45) is 2.30. The van der Waals surface area contributed by atoms with Gasteiger partial charge in [-0.2, -0.15) is 10.5 Å². The van der Waals surface area contributed by atoms with E-state index in [4.69, 9.17) is 26.9 Å².